The molecule has 0 radical (unpaired) electrons. The minimum atomic E-state index is -2.52. The van der Waals surface area contributed by atoms with Crippen LogP contribution >= 0.6 is 0 Å². The summed E-state index contributed by atoms with van der Waals surface area (Å²) in [5, 5.41) is 48.6. The van der Waals surface area contributed by atoms with Gasteiger partial charge in [-0.2, -0.15) is 0 Å². The maximum absolute atomic E-state index is 14.5. The molecule has 2 bridgehead atoms. The smallest absolute Gasteiger partial charge is 0.329 e. The van der Waals surface area contributed by atoms with Crippen molar-refractivity contribution in [2.24, 2.45) is 34.7 Å². The fourth-order valence-corrected chi connectivity index (χ4v) is 9.72. The first kappa shape index (κ1) is 53.3. The quantitative estimate of drug-likeness (QED) is 0.0746. The lowest BCUT2D eigenvalue weighted by atomic mass is 9.81. The van der Waals surface area contributed by atoms with Crippen molar-refractivity contribution >= 4 is 23.4 Å². The minimum absolute atomic E-state index is 0. The molecule has 4 rings (SSSR count). The van der Waals surface area contributed by atoms with Crippen molar-refractivity contribution in [3.63, 3.8) is 0 Å². The third-order valence-corrected chi connectivity index (χ3v) is 13.3. The van der Waals surface area contributed by atoms with Crippen molar-refractivity contribution in [2.75, 3.05) is 41.1 Å². The van der Waals surface area contributed by atoms with Crippen LogP contribution in [0.2, 0.25) is 0 Å². The zero-order valence-corrected chi connectivity index (χ0v) is 37.7. The summed E-state index contributed by atoms with van der Waals surface area (Å²) in [5.41, 5.74) is 2.21. The van der Waals surface area contributed by atoms with Crippen LogP contribution in [0.5, 0.6) is 0 Å². The highest BCUT2D eigenvalue weighted by atomic mass is 16.7. The highest BCUT2D eigenvalue weighted by Crippen LogP contribution is 2.39. The molecule has 0 spiro atoms. The van der Waals surface area contributed by atoms with Gasteiger partial charge >= 0.3 is 5.97 Å². The number of rotatable bonds is 10. The number of allylic oxidation sites excluding steroid dienone is 4. The van der Waals surface area contributed by atoms with Crippen LogP contribution in [0.25, 0.3) is 0 Å². The molecule has 3 aliphatic heterocycles. The first-order valence-corrected chi connectivity index (χ1v) is 22.2. The summed E-state index contributed by atoms with van der Waals surface area (Å²) in [6, 6.07) is -1.15. The third kappa shape index (κ3) is 13.3. The van der Waals surface area contributed by atoms with Gasteiger partial charge in [-0.05, 0) is 95.5 Å². The van der Waals surface area contributed by atoms with Gasteiger partial charge in [0.05, 0.1) is 42.8 Å². The van der Waals surface area contributed by atoms with Crippen molar-refractivity contribution in [2.45, 2.75) is 167 Å². The van der Waals surface area contributed by atoms with Gasteiger partial charge < -0.3 is 53.8 Å². The lowest BCUT2D eigenvalue weighted by Crippen LogP contribution is -2.64. The molecule has 15 heteroatoms. The number of hydrogen-bond acceptors (Lipinski definition) is 14. The molecule has 14 atom stereocenters. The van der Waals surface area contributed by atoms with Crippen molar-refractivity contribution in [1.29, 1.82) is 0 Å². The Kier molecular flexibility index (Phi) is 21.4. The lowest BCUT2D eigenvalue weighted by molar-refractivity contribution is -0.302. The number of ether oxygens (including phenoxy) is 5. The SMILES string of the molecule is C.C=CC[C@@H]1/C=C(\C)C[C@H](C)C[C@H](OC)[C@H]2O[C@@](O)(C(=O)C(=O)N3CCCC[C@H]3C(=O)O[C@H](/C(C)=C/[C@@H]3CC[C@@H](O)[C@H](OC)C3)[C@H](C)[C@@H](O)C/C1=N/OCCO)[C@H](C)C[C@@H]2OC. The average molecular weight is 879 g/mol. The van der Waals surface area contributed by atoms with Gasteiger partial charge in [-0.15, -0.1) is 6.58 Å². The molecule has 1 amide bonds. The van der Waals surface area contributed by atoms with Crippen molar-refractivity contribution in [3.05, 3.63) is 36.0 Å². The van der Waals surface area contributed by atoms with Crippen LogP contribution < -0.4 is 0 Å². The number of carbonyl (C=O) groups is 3. The van der Waals surface area contributed by atoms with E-state index in [0.717, 1.165) is 5.57 Å². The number of fused-ring (bicyclic) bond motifs is 3. The molecule has 4 N–H and O–H groups in total. The van der Waals surface area contributed by atoms with E-state index in [1.54, 1.807) is 27.0 Å². The molecule has 1 saturated carbocycles. The number of nitrogens with zero attached hydrogens (tertiary/aromatic N) is 2. The molecule has 0 unspecified atom stereocenters. The minimum Gasteiger partial charge on any atom is -0.456 e. The van der Waals surface area contributed by atoms with E-state index in [1.807, 2.05) is 19.9 Å². The number of cyclic esters (lactones) is 1. The molecule has 3 heterocycles. The Morgan fingerprint density at radius 3 is 2.29 bits per heavy atom. The van der Waals surface area contributed by atoms with E-state index < -0.39 is 77.9 Å². The summed E-state index contributed by atoms with van der Waals surface area (Å²) in [7, 11) is 4.63. The fraction of sp³-hybridized carbons (Fsp3) is 0.787. The fourth-order valence-electron chi connectivity index (χ4n) is 9.72. The molecule has 0 aromatic carbocycles. The Bertz CT molecular complexity index is 1570. The van der Waals surface area contributed by atoms with E-state index >= 15 is 0 Å². The van der Waals surface area contributed by atoms with Gasteiger partial charge in [-0.3, -0.25) is 9.59 Å². The van der Waals surface area contributed by atoms with Crippen LogP contribution in [0.1, 0.15) is 113 Å². The normalized spacial score (nSPS) is 39.0. The van der Waals surface area contributed by atoms with Crippen LogP contribution in [0, 0.1) is 29.6 Å². The zero-order chi connectivity index (χ0) is 45.0. The highest BCUT2D eigenvalue weighted by molar-refractivity contribution is 6.39. The lowest BCUT2D eigenvalue weighted by Gasteiger charge is -2.47. The first-order valence-electron chi connectivity index (χ1n) is 22.2. The molecule has 1 aliphatic carbocycles. The number of methoxy groups -OCH3 is 3. The Labute approximate surface area is 369 Å². The summed E-state index contributed by atoms with van der Waals surface area (Å²) in [6.07, 6.45) is 5.63. The van der Waals surface area contributed by atoms with E-state index in [2.05, 4.69) is 24.7 Å². The van der Waals surface area contributed by atoms with Gasteiger partial charge in [0.2, 0.25) is 5.79 Å². The second-order valence-electron chi connectivity index (χ2n) is 17.9. The molecule has 4 aliphatic rings. The number of aliphatic hydroxyl groups excluding tert-OH is 3. The standard InChI is InChI=1S/C46H74N2O13.CH4/c1-10-13-33-21-27(2)20-28(3)22-39(57-8)42-40(58-9)24-30(5)46(55,61-42)43(52)44(53)48-17-12-11-14-35(48)45(54)60-41(31(6)37(51)26-34(33)47-59-19-18-49)29(4)23-32-15-16-36(50)38(25-32)56-7;/h10,21,23,28,30-33,35-42,49-51,55H,1,11-20,22,24-26H2,2-9H3;1H4/b27-21+,29-23+,47-34-;/t28-,30+,31+,32-,33+,35-,36+,37-,38+,39-,40-,41+,42+,46+;/m0./s1. The molecule has 354 valence electrons. The Balaban J connectivity index is 0.0000102. The van der Waals surface area contributed by atoms with E-state index in [4.69, 9.17) is 28.5 Å². The summed E-state index contributed by atoms with van der Waals surface area (Å²) in [5.74, 6) is -7.34. The highest BCUT2D eigenvalue weighted by Gasteiger charge is 2.56. The molecular weight excluding hydrogens is 801 g/mol. The molecule has 0 aromatic rings. The summed E-state index contributed by atoms with van der Waals surface area (Å²) < 4.78 is 30.0. The number of piperidine rings is 1. The van der Waals surface area contributed by atoms with Gasteiger partial charge in [0, 0.05) is 52.0 Å². The monoisotopic (exact) mass is 879 g/mol. The summed E-state index contributed by atoms with van der Waals surface area (Å²) >= 11 is 0. The number of carbonyl (C=O) groups excluding carboxylic acids is 3. The number of amides is 1. The maximum atomic E-state index is 14.5. The van der Waals surface area contributed by atoms with Gasteiger partial charge in [-0.1, -0.05) is 57.2 Å². The van der Waals surface area contributed by atoms with Gasteiger partial charge in [0.1, 0.15) is 24.9 Å². The first-order chi connectivity index (χ1) is 29.0. The number of ketones is 1. The van der Waals surface area contributed by atoms with Crippen molar-refractivity contribution in [3.8, 4) is 0 Å². The van der Waals surface area contributed by atoms with Crippen LogP contribution in [0.4, 0.5) is 0 Å². The van der Waals surface area contributed by atoms with Gasteiger partial charge in [-0.25, -0.2) is 4.79 Å². The van der Waals surface area contributed by atoms with Crippen LogP contribution in [0.3, 0.4) is 0 Å². The number of Topliss-reactive ketones (excluding diaryl/α,β-unsaturated/α-hetero) is 1. The molecule has 15 nitrogen and oxygen atoms in total. The van der Waals surface area contributed by atoms with E-state index in [1.165, 1.54) is 19.1 Å². The largest absolute Gasteiger partial charge is 0.456 e. The zero-order valence-electron chi connectivity index (χ0n) is 37.7. The number of oxime groups is 1. The second-order valence-corrected chi connectivity index (χ2v) is 17.9. The summed E-state index contributed by atoms with van der Waals surface area (Å²) in [4.78, 5) is 49.8. The Hall–Kier alpha value is -3.02. The molecular formula is C47H78N2O13. The molecule has 3 fully saturated rings. The van der Waals surface area contributed by atoms with Gasteiger partial charge in [0.25, 0.3) is 11.7 Å². The maximum Gasteiger partial charge on any atom is 0.329 e. The molecule has 0 aromatic heterocycles. The Morgan fingerprint density at radius 2 is 1.65 bits per heavy atom. The van der Waals surface area contributed by atoms with E-state index in [9.17, 15) is 34.8 Å². The molecule has 2 saturated heterocycles. The van der Waals surface area contributed by atoms with E-state index in [-0.39, 0.29) is 70.3 Å². The average Bonchev–Trinajstić information content (AvgIpc) is 3.24. The van der Waals surface area contributed by atoms with Crippen molar-refractivity contribution < 1.29 is 63.3 Å². The Morgan fingerprint density at radius 1 is 0.968 bits per heavy atom. The van der Waals surface area contributed by atoms with Gasteiger partial charge in [0.15, 0.2) is 0 Å². The van der Waals surface area contributed by atoms with Crippen molar-refractivity contribution in [1.82, 2.24) is 4.90 Å². The predicted octanol–water partition coefficient (Wildman–Crippen LogP) is 5.07. The van der Waals surface area contributed by atoms with Crippen LogP contribution in [0.15, 0.2) is 41.1 Å². The molecule has 62 heavy (non-hydrogen) atoms. The number of esters is 1. The topological polar surface area (TPSA) is 203 Å². The number of aliphatic hydroxyl groups is 4. The number of hydrogen-bond donors (Lipinski definition) is 4. The second kappa shape index (κ2) is 24.9. The van der Waals surface area contributed by atoms with Crippen LogP contribution in [-0.2, 0) is 42.9 Å². The summed E-state index contributed by atoms with van der Waals surface area (Å²) in [6.45, 7) is 13.1. The van der Waals surface area contributed by atoms with E-state index in [0.29, 0.717) is 62.7 Å². The predicted molar refractivity (Wildman–Crippen MR) is 235 cm³/mol. The van der Waals surface area contributed by atoms with Crippen LogP contribution in [-0.4, -0.2) is 144 Å². The third-order valence-electron chi connectivity index (χ3n) is 13.3.